The zero-order valence-electron chi connectivity index (χ0n) is 7.56. The molecule has 0 unspecified atom stereocenters. The molecule has 0 spiro atoms. The summed E-state index contributed by atoms with van der Waals surface area (Å²) in [5.74, 6) is 0. The highest BCUT2D eigenvalue weighted by Crippen LogP contribution is 2.27. The number of rotatable bonds is 5. The van der Waals surface area contributed by atoms with Crippen LogP contribution < -0.4 is 0 Å². The molecule has 66 valence electrons. The average Bonchev–Trinajstić information content (AvgIpc) is 1.95. The van der Waals surface area contributed by atoms with Gasteiger partial charge in [0.15, 0.2) is 0 Å². The van der Waals surface area contributed by atoms with Crippen LogP contribution in [0.3, 0.4) is 0 Å². The topological polar surface area (TPSA) is 18.5 Å². The third-order valence-electron chi connectivity index (χ3n) is 2.05. The van der Waals surface area contributed by atoms with Crippen molar-refractivity contribution in [1.82, 2.24) is 0 Å². The van der Waals surface area contributed by atoms with Crippen molar-refractivity contribution in [2.45, 2.75) is 38.7 Å². The highest BCUT2D eigenvalue weighted by atomic mass is 16.6. The van der Waals surface area contributed by atoms with E-state index in [4.69, 9.17) is 9.47 Å². The molecule has 1 aliphatic heterocycles. The third-order valence-corrected chi connectivity index (χ3v) is 2.05. The van der Waals surface area contributed by atoms with Crippen LogP contribution in [0.5, 0.6) is 0 Å². The predicted octanol–water partition coefficient (Wildman–Crippen LogP) is 1.98. The molecule has 0 aromatic carbocycles. The first-order chi connectivity index (χ1) is 5.33. The molecule has 0 bridgehead atoms. The molecule has 2 nitrogen and oxygen atoms in total. The number of hydrogen-bond donors (Lipinski definition) is 0. The Morgan fingerprint density at radius 3 is 2.36 bits per heavy atom. The van der Waals surface area contributed by atoms with Crippen LogP contribution in [-0.4, -0.2) is 25.4 Å². The summed E-state index contributed by atoms with van der Waals surface area (Å²) in [5, 5.41) is 0. The molecule has 1 heterocycles. The zero-order valence-corrected chi connectivity index (χ0v) is 7.56. The minimum absolute atomic E-state index is 0.102. The lowest BCUT2D eigenvalue weighted by Crippen LogP contribution is -2.51. The lowest BCUT2D eigenvalue weighted by Gasteiger charge is -2.41. The van der Waals surface area contributed by atoms with E-state index < -0.39 is 0 Å². The number of hydrogen-bond acceptors (Lipinski definition) is 2. The molecule has 0 aromatic heterocycles. The second-order valence-electron chi connectivity index (χ2n) is 3.27. The van der Waals surface area contributed by atoms with Gasteiger partial charge in [0.25, 0.3) is 0 Å². The summed E-state index contributed by atoms with van der Waals surface area (Å²) in [5.41, 5.74) is 0.102. The molecule has 0 aliphatic carbocycles. The van der Waals surface area contributed by atoms with Gasteiger partial charge in [-0.15, -0.1) is 0 Å². The normalized spacial score (nSPS) is 21.3. The zero-order chi connectivity index (χ0) is 8.16. The average molecular weight is 158 g/mol. The summed E-state index contributed by atoms with van der Waals surface area (Å²) in [6.07, 6.45) is 3.44. The molecule has 1 saturated heterocycles. The van der Waals surface area contributed by atoms with Crippen molar-refractivity contribution in [2.75, 3.05) is 19.8 Å². The Kier molecular flexibility index (Phi) is 3.34. The molecule has 0 amide bonds. The van der Waals surface area contributed by atoms with Gasteiger partial charge in [0.2, 0.25) is 0 Å². The molecule has 2 heteroatoms. The lowest BCUT2D eigenvalue weighted by molar-refractivity contribution is -0.212. The highest BCUT2D eigenvalue weighted by molar-refractivity contribution is 4.86. The van der Waals surface area contributed by atoms with E-state index in [1.165, 1.54) is 6.42 Å². The second kappa shape index (κ2) is 4.07. The first-order valence-corrected chi connectivity index (χ1v) is 4.55. The minimum Gasteiger partial charge on any atom is -0.375 e. The molecule has 1 aliphatic rings. The van der Waals surface area contributed by atoms with E-state index in [0.29, 0.717) is 0 Å². The lowest BCUT2D eigenvalue weighted by atomic mass is 9.96. The summed E-state index contributed by atoms with van der Waals surface area (Å²) >= 11 is 0. The van der Waals surface area contributed by atoms with Gasteiger partial charge >= 0.3 is 0 Å². The maximum absolute atomic E-state index is 5.73. The molecule has 1 rings (SSSR count). The van der Waals surface area contributed by atoms with Crippen LogP contribution in [0.1, 0.15) is 33.1 Å². The third kappa shape index (κ3) is 2.17. The quantitative estimate of drug-likeness (QED) is 0.609. The van der Waals surface area contributed by atoms with Crippen molar-refractivity contribution in [1.29, 1.82) is 0 Å². The van der Waals surface area contributed by atoms with Crippen molar-refractivity contribution >= 4 is 0 Å². The molecule has 1 fully saturated rings. The fraction of sp³-hybridized carbons (Fsp3) is 1.00. The van der Waals surface area contributed by atoms with Crippen molar-refractivity contribution in [2.24, 2.45) is 0 Å². The van der Waals surface area contributed by atoms with Crippen LogP contribution in [0.25, 0.3) is 0 Å². The fourth-order valence-electron chi connectivity index (χ4n) is 1.40. The molecule has 0 saturated carbocycles. The molecular formula is C9H18O2. The van der Waals surface area contributed by atoms with Crippen molar-refractivity contribution in [3.05, 3.63) is 0 Å². The van der Waals surface area contributed by atoms with Crippen LogP contribution in [0.4, 0.5) is 0 Å². The van der Waals surface area contributed by atoms with E-state index in [2.05, 4.69) is 13.8 Å². The van der Waals surface area contributed by atoms with Gasteiger partial charge in [-0.3, -0.25) is 0 Å². The van der Waals surface area contributed by atoms with E-state index in [0.717, 1.165) is 32.7 Å². The van der Waals surface area contributed by atoms with Gasteiger partial charge in [0, 0.05) is 6.61 Å². The standard InChI is InChI=1S/C9H18O2/c1-3-5-9(7-10-8-9)11-6-4-2/h3-8H2,1-2H3. The maximum atomic E-state index is 5.73. The van der Waals surface area contributed by atoms with Gasteiger partial charge in [-0.2, -0.15) is 0 Å². The van der Waals surface area contributed by atoms with E-state index in [9.17, 15) is 0 Å². The number of ether oxygens (including phenoxy) is 2. The smallest absolute Gasteiger partial charge is 0.115 e. The van der Waals surface area contributed by atoms with Crippen LogP contribution in [0.15, 0.2) is 0 Å². The summed E-state index contributed by atoms with van der Waals surface area (Å²) in [6.45, 7) is 6.82. The highest BCUT2D eigenvalue weighted by Gasteiger charge is 2.38. The second-order valence-corrected chi connectivity index (χ2v) is 3.27. The Morgan fingerprint density at radius 2 is 2.00 bits per heavy atom. The predicted molar refractivity (Wildman–Crippen MR) is 44.7 cm³/mol. The Bertz CT molecular complexity index is 108. The van der Waals surface area contributed by atoms with Crippen LogP contribution in [0, 0.1) is 0 Å². The van der Waals surface area contributed by atoms with Crippen LogP contribution in [0.2, 0.25) is 0 Å². The van der Waals surface area contributed by atoms with Crippen LogP contribution in [-0.2, 0) is 9.47 Å². The maximum Gasteiger partial charge on any atom is 0.115 e. The van der Waals surface area contributed by atoms with Crippen molar-refractivity contribution < 1.29 is 9.47 Å². The van der Waals surface area contributed by atoms with E-state index in [1.807, 2.05) is 0 Å². The fourth-order valence-corrected chi connectivity index (χ4v) is 1.40. The molecule has 11 heavy (non-hydrogen) atoms. The molecule has 0 atom stereocenters. The summed E-state index contributed by atoms with van der Waals surface area (Å²) in [7, 11) is 0. The Balaban J connectivity index is 2.22. The van der Waals surface area contributed by atoms with E-state index >= 15 is 0 Å². The monoisotopic (exact) mass is 158 g/mol. The summed E-state index contributed by atoms with van der Waals surface area (Å²) < 4.78 is 10.9. The SMILES string of the molecule is CCCOC1(CCC)COC1. The first-order valence-electron chi connectivity index (χ1n) is 4.55. The van der Waals surface area contributed by atoms with Crippen LogP contribution >= 0.6 is 0 Å². The Morgan fingerprint density at radius 1 is 1.27 bits per heavy atom. The van der Waals surface area contributed by atoms with E-state index in [-0.39, 0.29) is 5.60 Å². The summed E-state index contributed by atoms with van der Waals surface area (Å²) in [6, 6.07) is 0. The molecule has 0 N–H and O–H groups in total. The molecule has 0 radical (unpaired) electrons. The largest absolute Gasteiger partial charge is 0.375 e. The van der Waals surface area contributed by atoms with E-state index in [1.54, 1.807) is 0 Å². The van der Waals surface area contributed by atoms with Crippen molar-refractivity contribution in [3.63, 3.8) is 0 Å². The summed E-state index contributed by atoms with van der Waals surface area (Å²) in [4.78, 5) is 0. The van der Waals surface area contributed by atoms with Gasteiger partial charge in [-0.25, -0.2) is 0 Å². The van der Waals surface area contributed by atoms with Gasteiger partial charge in [-0.05, 0) is 12.8 Å². The van der Waals surface area contributed by atoms with Crippen molar-refractivity contribution in [3.8, 4) is 0 Å². The van der Waals surface area contributed by atoms with Gasteiger partial charge in [0.1, 0.15) is 5.60 Å². The van der Waals surface area contributed by atoms with Gasteiger partial charge < -0.3 is 9.47 Å². The Labute approximate surface area is 68.9 Å². The van der Waals surface area contributed by atoms with Gasteiger partial charge in [-0.1, -0.05) is 20.3 Å². The molecule has 0 aromatic rings. The Hall–Kier alpha value is -0.0800. The minimum atomic E-state index is 0.102. The first kappa shape index (κ1) is 9.01. The molecular weight excluding hydrogens is 140 g/mol. The van der Waals surface area contributed by atoms with Gasteiger partial charge in [0.05, 0.1) is 13.2 Å².